The van der Waals surface area contributed by atoms with E-state index in [1.165, 1.54) is 0 Å². The molecule has 98 valence electrons. The highest BCUT2D eigenvalue weighted by Gasteiger charge is 2.09. The molecule has 0 aliphatic rings. The van der Waals surface area contributed by atoms with Crippen LogP contribution in [0.3, 0.4) is 0 Å². The van der Waals surface area contributed by atoms with E-state index in [4.69, 9.17) is 9.47 Å². The highest BCUT2D eigenvalue weighted by molar-refractivity contribution is 5.84. The Morgan fingerprint density at radius 3 is 2.42 bits per heavy atom. The van der Waals surface area contributed by atoms with Crippen LogP contribution in [0.2, 0.25) is 0 Å². The molecule has 0 saturated heterocycles. The molecule has 0 saturated carbocycles. The average molecular weight is 256 g/mol. The predicted octanol–water partition coefficient (Wildman–Crippen LogP) is 3.49. The van der Waals surface area contributed by atoms with Gasteiger partial charge >= 0.3 is 0 Å². The second-order valence-electron chi connectivity index (χ2n) is 4.27. The van der Waals surface area contributed by atoms with Crippen LogP contribution >= 0.6 is 0 Å². The van der Waals surface area contributed by atoms with E-state index in [9.17, 15) is 4.79 Å². The van der Waals surface area contributed by atoms with Crippen molar-refractivity contribution in [1.29, 1.82) is 0 Å². The molecule has 2 rings (SSSR count). The van der Waals surface area contributed by atoms with Crippen molar-refractivity contribution >= 4 is 6.29 Å². The van der Waals surface area contributed by atoms with E-state index >= 15 is 0 Å². The molecule has 0 atom stereocenters. The molecule has 3 nitrogen and oxygen atoms in total. The van der Waals surface area contributed by atoms with Crippen molar-refractivity contribution in [3.05, 3.63) is 47.5 Å². The van der Waals surface area contributed by atoms with Gasteiger partial charge in [-0.3, -0.25) is 4.79 Å². The lowest BCUT2D eigenvalue weighted by atomic mass is 9.99. The Morgan fingerprint density at radius 1 is 1.00 bits per heavy atom. The van der Waals surface area contributed by atoms with Gasteiger partial charge in [-0.1, -0.05) is 12.1 Å². The molecule has 2 aromatic rings. The van der Waals surface area contributed by atoms with Crippen molar-refractivity contribution in [3.63, 3.8) is 0 Å². The highest BCUT2D eigenvalue weighted by atomic mass is 16.5. The first kappa shape index (κ1) is 13.1. The van der Waals surface area contributed by atoms with Crippen molar-refractivity contribution in [1.82, 2.24) is 0 Å². The summed E-state index contributed by atoms with van der Waals surface area (Å²) in [5.74, 6) is 1.42. The maximum atomic E-state index is 11.1. The van der Waals surface area contributed by atoms with Crippen molar-refractivity contribution < 1.29 is 14.3 Å². The third-order valence-electron chi connectivity index (χ3n) is 3.04. The van der Waals surface area contributed by atoms with Gasteiger partial charge in [0.1, 0.15) is 11.5 Å². The molecule has 0 radical (unpaired) electrons. The van der Waals surface area contributed by atoms with Crippen molar-refractivity contribution in [2.24, 2.45) is 0 Å². The molecule has 0 aliphatic heterocycles. The van der Waals surface area contributed by atoms with Crippen molar-refractivity contribution in [2.45, 2.75) is 6.92 Å². The van der Waals surface area contributed by atoms with E-state index in [1.807, 2.05) is 43.3 Å². The number of methoxy groups -OCH3 is 2. The molecule has 0 aliphatic carbocycles. The van der Waals surface area contributed by atoms with Gasteiger partial charge in [0, 0.05) is 0 Å². The summed E-state index contributed by atoms with van der Waals surface area (Å²) >= 11 is 0. The van der Waals surface area contributed by atoms with E-state index in [0.717, 1.165) is 28.7 Å². The zero-order chi connectivity index (χ0) is 13.8. The number of carbonyl (C=O) groups is 1. The maximum Gasteiger partial charge on any atom is 0.153 e. The minimum atomic E-state index is 0.556. The molecule has 0 unspecified atom stereocenters. The third-order valence-corrected chi connectivity index (χ3v) is 3.04. The van der Waals surface area contributed by atoms with Crippen molar-refractivity contribution in [3.8, 4) is 22.6 Å². The van der Waals surface area contributed by atoms with Gasteiger partial charge in [0.2, 0.25) is 0 Å². The van der Waals surface area contributed by atoms with Gasteiger partial charge in [0.05, 0.1) is 19.8 Å². The fourth-order valence-corrected chi connectivity index (χ4v) is 2.14. The number of aryl methyl sites for hydroxylation is 1. The molecule has 3 heteroatoms. The summed E-state index contributed by atoms with van der Waals surface area (Å²) < 4.78 is 10.5. The fraction of sp³-hybridized carbons (Fsp3) is 0.188. The monoisotopic (exact) mass is 256 g/mol. The lowest BCUT2D eigenvalue weighted by molar-refractivity contribution is 0.112. The molecule has 0 amide bonds. The van der Waals surface area contributed by atoms with Crippen molar-refractivity contribution in [2.75, 3.05) is 14.2 Å². The summed E-state index contributed by atoms with van der Waals surface area (Å²) in [6, 6.07) is 11.6. The van der Waals surface area contributed by atoms with Crippen LogP contribution in [0.25, 0.3) is 11.1 Å². The van der Waals surface area contributed by atoms with E-state index in [-0.39, 0.29) is 0 Å². The number of carbonyl (C=O) groups excluding carboxylic acids is 1. The molecule has 19 heavy (non-hydrogen) atoms. The standard InChI is InChI=1S/C16H16O3/c1-11-7-13(8-14(10-17)16(11)19-3)12-5-4-6-15(9-12)18-2/h4-10H,1-3H3. The highest BCUT2D eigenvalue weighted by Crippen LogP contribution is 2.30. The summed E-state index contributed by atoms with van der Waals surface area (Å²) in [7, 11) is 3.20. The van der Waals surface area contributed by atoms with Gasteiger partial charge in [0.25, 0.3) is 0 Å². The first-order valence-electron chi connectivity index (χ1n) is 5.98. The molecule has 0 fully saturated rings. The first-order valence-corrected chi connectivity index (χ1v) is 5.98. The fourth-order valence-electron chi connectivity index (χ4n) is 2.14. The predicted molar refractivity (Wildman–Crippen MR) is 75.1 cm³/mol. The van der Waals surface area contributed by atoms with Crippen LogP contribution in [-0.2, 0) is 0 Å². The zero-order valence-corrected chi connectivity index (χ0v) is 11.3. The molecule has 0 spiro atoms. The van der Waals surface area contributed by atoms with Crippen LogP contribution in [0, 0.1) is 6.92 Å². The summed E-state index contributed by atoms with van der Waals surface area (Å²) in [5, 5.41) is 0. The van der Waals surface area contributed by atoms with E-state index in [0.29, 0.717) is 11.3 Å². The summed E-state index contributed by atoms with van der Waals surface area (Å²) in [6.07, 6.45) is 0.815. The zero-order valence-electron chi connectivity index (χ0n) is 11.3. The van der Waals surface area contributed by atoms with Gasteiger partial charge < -0.3 is 9.47 Å². The van der Waals surface area contributed by atoms with Crippen LogP contribution in [0.4, 0.5) is 0 Å². The van der Waals surface area contributed by atoms with E-state index < -0.39 is 0 Å². The Bertz CT molecular complexity index is 603. The Kier molecular flexibility index (Phi) is 3.85. The smallest absolute Gasteiger partial charge is 0.153 e. The van der Waals surface area contributed by atoms with E-state index in [1.54, 1.807) is 14.2 Å². The molecular formula is C16H16O3. The van der Waals surface area contributed by atoms with Crippen LogP contribution < -0.4 is 9.47 Å². The number of rotatable bonds is 4. The molecule has 0 heterocycles. The normalized spacial score (nSPS) is 10.1. The summed E-state index contributed by atoms with van der Waals surface area (Å²) in [5.41, 5.74) is 3.47. The Morgan fingerprint density at radius 2 is 1.79 bits per heavy atom. The minimum absolute atomic E-state index is 0.556. The number of aldehydes is 1. The van der Waals surface area contributed by atoms with Gasteiger partial charge in [-0.25, -0.2) is 0 Å². The number of hydrogen-bond acceptors (Lipinski definition) is 3. The Hall–Kier alpha value is -2.29. The van der Waals surface area contributed by atoms with Crippen LogP contribution in [0.15, 0.2) is 36.4 Å². The summed E-state index contributed by atoms with van der Waals surface area (Å²) in [6.45, 7) is 1.93. The summed E-state index contributed by atoms with van der Waals surface area (Å²) in [4.78, 5) is 11.1. The van der Waals surface area contributed by atoms with Crippen LogP contribution in [-0.4, -0.2) is 20.5 Å². The van der Waals surface area contributed by atoms with E-state index in [2.05, 4.69) is 0 Å². The maximum absolute atomic E-state index is 11.1. The van der Waals surface area contributed by atoms with Gasteiger partial charge in [0.15, 0.2) is 6.29 Å². The quantitative estimate of drug-likeness (QED) is 0.785. The second kappa shape index (κ2) is 5.57. The molecule has 0 N–H and O–H groups in total. The SMILES string of the molecule is COc1cccc(-c2cc(C)c(OC)c(C=O)c2)c1. The molecule has 0 aromatic heterocycles. The van der Waals surface area contributed by atoms with Gasteiger partial charge in [-0.15, -0.1) is 0 Å². The molecule has 0 bridgehead atoms. The first-order chi connectivity index (χ1) is 9.19. The number of hydrogen-bond donors (Lipinski definition) is 0. The topological polar surface area (TPSA) is 35.5 Å². The largest absolute Gasteiger partial charge is 0.497 e. The number of benzene rings is 2. The molecular weight excluding hydrogens is 240 g/mol. The number of ether oxygens (including phenoxy) is 2. The van der Waals surface area contributed by atoms with Crippen LogP contribution in [0.5, 0.6) is 11.5 Å². The van der Waals surface area contributed by atoms with Gasteiger partial charge in [-0.05, 0) is 47.9 Å². The van der Waals surface area contributed by atoms with Crippen LogP contribution in [0.1, 0.15) is 15.9 Å². The second-order valence-corrected chi connectivity index (χ2v) is 4.27. The lowest BCUT2D eigenvalue weighted by Gasteiger charge is -2.11. The third kappa shape index (κ3) is 2.60. The molecule has 2 aromatic carbocycles. The average Bonchev–Trinajstić information content (AvgIpc) is 2.46. The van der Waals surface area contributed by atoms with Gasteiger partial charge in [-0.2, -0.15) is 0 Å². The Balaban J connectivity index is 2.56. The Labute approximate surface area is 112 Å². The minimum Gasteiger partial charge on any atom is -0.497 e. The lowest BCUT2D eigenvalue weighted by Crippen LogP contribution is -1.95.